The van der Waals surface area contributed by atoms with Crippen LogP contribution in [0.3, 0.4) is 0 Å². The summed E-state index contributed by atoms with van der Waals surface area (Å²) in [7, 11) is 0. The zero-order chi connectivity index (χ0) is 19.1. The number of thioether (sulfide) groups is 1. The van der Waals surface area contributed by atoms with Gasteiger partial charge in [0.1, 0.15) is 5.82 Å². The molecular formula is C18H20F3N3OS. The number of aromatic nitrogens is 2. The lowest BCUT2D eigenvalue weighted by Gasteiger charge is -2.11. The van der Waals surface area contributed by atoms with Gasteiger partial charge in [-0.3, -0.25) is 4.79 Å². The number of benzene rings is 1. The molecule has 0 saturated carbocycles. The molecule has 0 saturated heterocycles. The van der Waals surface area contributed by atoms with Crippen LogP contribution in [-0.2, 0) is 17.6 Å². The van der Waals surface area contributed by atoms with E-state index in [1.54, 1.807) is 26.0 Å². The highest BCUT2D eigenvalue weighted by molar-refractivity contribution is 7.99. The molecule has 0 radical (unpaired) electrons. The fourth-order valence-electron chi connectivity index (χ4n) is 2.53. The normalized spacial score (nSPS) is 11.0. The molecule has 8 heteroatoms. The highest BCUT2D eigenvalue weighted by atomic mass is 32.2. The maximum absolute atomic E-state index is 12.8. The number of hydrogen-bond donors (Lipinski definition) is 1. The van der Waals surface area contributed by atoms with Crippen LogP contribution in [0.2, 0.25) is 0 Å². The summed E-state index contributed by atoms with van der Waals surface area (Å²) in [5, 5.41) is 2.86. The molecule has 1 heterocycles. The number of rotatable bonds is 8. The standard InChI is InChI=1S/C18H20F3N3OS/c1-11-15(12(2)24-18(23-11)26-17(20)21)7-8-16(25)22-10-9-13-3-5-14(19)6-4-13/h3-6,17H,7-10H2,1-2H3,(H,22,25). The molecule has 4 nitrogen and oxygen atoms in total. The van der Waals surface area contributed by atoms with Gasteiger partial charge in [-0.1, -0.05) is 12.1 Å². The summed E-state index contributed by atoms with van der Waals surface area (Å²) in [6.07, 6.45) is 1.32. The Balaban J connectivity index is 1.82. The average molecular weight is 383 g/mol. The first-order valence-corrected chi connectivity index (χ1v) is 9.03. The molecule has 1 amide bonds. The van der Waals surface area contributed by atoms with Gasteiger partial charge in [0, 0.05) is 24.4 Å². The summed E-state index contributed by atoms with van der Waals surface area (Å²) in [6.45, 7) is 3.92. The van der Waals surface area contributed by atoms with Crippen molar-refractivity contribution in [2.24, 2.45) is 0 Å². The Morgan fingerprint density at radius 1 is 1.12 bits per heavy atom. The van der Waals surface area contributed by atoms with E-state index in [4.69, 9.17) is 0 Å². The molecule has 1 aromatic heterocycles. The van der Waals surface area contributed by atoms with Crippen LogP contribution in [0.25, 0.3) is 0 Å². The van der Waals surface area contributed by atoms with E-state index in [0.29, 0.717) is 42.5 Å². The Morgan fingerprint density at radius 2 is 1.73 bits per heavy atom. The highest BCUT2D eigenvalue weighted by Gasteiger charge is 2.14. The highest BCUT2D eigenvalue weighted by Crippen LogP contribution is 2.24. The molecule has 0 aliphatic carbocycles. The minimum absolute atomic E-state index is 0.0440. The maximum atomic E-state index is 12.8. The fraction of sp³-hybridized carbons (Fsp3) is 0.389. The van der Waals surface area contributed by atoms with E-state index in [9.17, 15) is 18.0 Å². The van der Waals surface area contributed by atoms with Crippen LogP contribution in [0, 0.1) is 19.7 Å². The molecule has 0 bridgehead atoms. The number of nitrogens with one attached hydrogen (secondary N) is 1. The number of aryl methyl sites for hydroxylation is 2. The average Bonchev–Trinajstić information content (AvgIpc) is 2.55. The van der Waals surface area contributed by atoms with Gasteiger partial charge in [0.2, 0.25) is 5.91 Å². The number of hydrogen-bond acceptors (Lipinski definition) is 4. The Bertz CT molecular complexity index is 731. The first-order chi connectivity index (χ1) is 12.3. The molecule has 2 rings (SSSR count). The molecule has 0 aliphatic heterocycles. The van der Waals surface area contributed by atoms with Gasteiger partial charge in [0.05, 0.1) is 0 Å². The number of carbonyl (C=O) groups is 1. The predicted octanol–water partition coefficient (Wildman–Crippen LogP) is 3.84. The van der Waals surface area contributed by atoms with Gasteiger partial charge >= 0.3 is 0 Å². The zero-order valence-electron chi connectivity index (χ0n) is 14.6. The van der Waals surface area contributed by atoms with Crippen molar-refractivity contribution in [1.82, 2.24) is 15.3 Å². The molecule has 26 heavy (non-hydrogen) atoms. The summed E-state index contributed by atoms with van der Waals surface area (Å²) < 4.78 is 37.7. The summed E-state index contributed by atoms with van der Waals surface area (Å²) in [5.74, 6) is -2.97. The van der Waals surface area contributed by atoms with Crippen LogP contribution >= 0.6 is 11.8 Å². The third kappa shape index (κ3) is 6.33. The van der Waals surface area contributed by atoms with Crippen molar-refractivity contribution >= 4 is 17.7 Å². The summed E-state index contributed by atoms with van der Waals surface area (Å²) in [5.41, 5.74) is 2.97. The van der Waals surface area contributed by atoms with Crippen molar-refractivity contribution in [2.75, 3.05) is 6.54 Å². The van der Waals surface area contributed by atoms with Crippen molar-refractivity contribution in [1.29, 1.82) is 0 Å². The third-order valence-electron chi connectivity index (χ3n) is 3.85. The van der Waals surface area contributed by atoms with E-state index in [0.717, 1.165) is 11.1 Å². The third-order valence-corrected chi connectivity index (χ3v) is 4.42. The van der Waals surface area contributed by atoms with E-state index in [1.807, 2.05) is 0 Å². The first kappa shape index (κ1) is 20.2. The van der Waals surface area contributed by atoms with Crippen molar-refractivity contribution in [3.8, 4) is 0 Å². The number of alkyl halides is 2. The fourth-order valence-corrected chi connectivity index (χ4v) is 3.07. The first-order valence-electron chi connectivity index (χ1n) is 8.15. The Kier molecular flexibility index (Phi) is 7.44. The Labute approximate surface area is 154 Å². The lowest BCUT2D eigenvalue weighted by molar-refractivity contribution is -0.121. The molecule has 1 aromatic carbocycles. The second-order valence-corrected chi connectivity index (χ2v) is 6.72. The van der Waals surface area contributed by atoms with Crippen molar-refractivity contribution in [3.05, 3.63) is 52.6 Å². The van der Waals surface area contributed by atoms with Crippen molar-refractivity contribution in [3.63, 3.8) is 0 Å². The SMILES string of the molecule is Cc1nc(SC(F)F)nc(C)c1CCC(=O)NCCc1ccc(F)cc1. The van der Waals surface area contributed by atoms with Crippen molar-refractivity contribution < 1.29 is 18.0 Å². The van der Waals surface area contributed by atoms with Crippen LogP contribution in [-0.4, -0.2) is 28.2 Å². The lowest BCUT2D eigenvalue weighted by atomic mass is 10.1. The van der Waals surface area contributed by atoms with E-state index < -0.39 is 5.76 Å². The van der Waals surface area contributed by atoms with Gasteiger partial charge in [-0.2, -0.15) is 8.78 Å². The van der Waals surface area contributed by atoms with Crippen LogP contribution in [0.4, 0.5) is 13.2 Å². The minimum Gasteiger partial charge on any atom is -0.356 e. The summed E-state index contributed by atoms with van der Waals surface area (Å²) in [6, 6.07) is 6.15. The molecule has 0 spiro atoms. The van der Waals surface area contributed by atoms with Gasteiger partial charge < -0.3 is 5.32 Å². The number of carbonyl (C=O) groups excluding carboxylic acids is 1. The summed E-state index contributed by atoms with van der Waals surface area (Å²) in [4.78, 5) is 20.1. The van der Waals surface area contributed by atoms with Crippen molar-refractivity contribution in [2.45, 2.75) is 44.0 Å². The van der Waals surface area contributed by atoms with Gasteiger partial charge in [-0.05, 0) is 61.7 Å². The maximum Gasteiger partial charge on any atom is 0.291 e. The lowest BCUT2D eigenvalue weighted by Crippen LogP contribution is -2.26. The zero-order valence-corrected chi connectivity index (χ0v) is 15.4. The molecule has 0 atom stereocenters. The van der Waals surface area contributed by atoms with Gasteiger partial charge in [0.25, 0.3) is 5.76 Å². The van der Waals surface area contributed by atoms with Gasteiger partial charge in [-0.15, -0.1) is 0 Å². The second kappa shape index (κ2) is 9.56. The Hall–Kier alpha value is -2.09. The van der Waals surface area contributed by atoms with Crippen LogP contribution < -0.4 is 5.32 Å². The molecule has 2 aromatic rings. The minimum atomic E-state index is -2.56. The quantitative estimate of drug-likeness (QED) is 0.556. The molecule has 140 valence electrons. The molecule has 0 fully saturated rings. The van der Waals surface area contributed by atoms with Crippen LogP contribution in [0.15, 0.2) is 29.4 Å². The number of nitrogens with zero attached hydrogens (tertiary/aromatic N) is 2. The monoisotopic (exact) mass is 383 g/mol. The largest absolute Gasteiger partial charge is 0.356 e. The van der Waals surface area contributed by atoms with E-state index >= 15 is 0 Å². The smallest absolute Gasteiger partial charge is 0.291 e. The van der Waals surface area contributed by atoms with E-state index in [2.05, 4.69) is 15.3 Å². The molecular weight excluding hydrogens is 363 g/mol. The predicted molar refractivity (Wildman–Crippen MR) is 94.8 cm³/mol. The van der Waals surface area contributed by atoms with Gasteiger partial charge in [-0.25, -0.2) is 14.4 Å². The topological polar surface area (TPSA) is 54.9 Å². The number of halogens is 3. The Morgan fingerprint density at radius 3 is 2.31 bits per heavy atom. The van der Waals surface area contributed by atoms with Crippen LogP contribution in [0.5, 0.6) is 0 Å². The molecule has 0 unspecified atom stereocenters. The van der Waals surface area contributed by atoms with Crippen LogP contribution in [0.1, 0.15) is 28.9 Å². The second-order valence-electron chi connectivity index (χ2n) is 5.76. The van der Waals surface area contributed by atoms with Gasteiger partial charge in [0.15, 0.2) is 5.16 Å². The molecule has 1 N–H and O–H groups in total. The summed E-state index contributed by atoms with van der Waals surface area (Å²) >= 11 is 0.311. The molecule has 0 aliphatic rings. The van der Waals surface area contributed by atoms with E-state index in [1.165, 1.54) is 12.1 Å². The number of amides is 1. The van der Waals surface area contributed by atoms with E-state index in [-0.39, 0.29) is 23.3 Å².